The normalized spacial score (nSPS) is 37.2. The Morgan fingerprint density at radius 1 is 1.14 bits per heavy atom. The Morgan fingerprint density at radius 2 is 1.90 bits per heavy atom. The number of rotatable bonds is 0. The fourth-order valence-electron chi connectivity index (χ4n) is 5.04. The van der Waals surface area contributed by atoms with E-state index in [0.717, 1.165) is 12.3 Å². The molecule has 3 unspecified atom stereocenters. The van der Waals surface area contributed by atoms with Gasteiger partial charge in [0, 0.05) is 11.5 Å². The Hall–Kier alpha value is -0.280. The molecule has 1 saturated heterocycles. The van der Waals surface area contributed by atoms with Crippen molar-refractivity contribution in [3.05, 3.63) is 29.3 Å². The summed E-state index contributed by atoms with van der Waals surface area (Å²) < 4.78 is 0.455. The Labute approximate surface area is 136 Å². The molecule has 1 aromatic carbocycles. The highest BCUT2D eigenvalue weighted by Crippen LogP contribution is 2.66. The molecule has 2 aliphatic carbocycles. The van der Waals surface area contributed by atoms with Crippen molar-refractivity contribution in [2.75, 3.05) is 11.5 Å². The fourth-order valence-corrected chi connectivity index (χ4v) is 8.52. The van der Waals surface area contributed by atoms with Crippen LogP contribution >= 0.6 is 23.5 Å². The fraction of sp³-hybridized carbons (Fsp3) is 0.667. The van der Waals surface area contributed by atoms with Crippen LogP contribution in [0.3, 0.4) is 0 Å². The van der Waals surface area contributed by atoms with Crippen LogP contribution in [0, 0.1) is 11.3 Å². The molecule has 21 heavy (non-hydrogen) atoms. The van der Waals surface area contributed by atoms with E-state index in [1.54, 1.807) is 0 Å². The molecule has 3 atom stereocenters. The summed E-state index contributed by atoms with van der Waals surface area (Å²) in [6.07, 6.45) is 5.16. The van der Waals surface area contributed by atoms with E-state index in [1.807, 2.05) is 12.1 Å². The molecule has 3 heteroatoms. The molecule has 1 nitrogen and oxygen atoms in total. The van der Waals surface area contributed by atoms with E-state index < -0.39 is 0 Å². The molecule has 4 rings (SSSR count). The minimum absolute atomic E-state index is 0.431. The van der Waals surface area contributed by atoms with Gasteiger partial charge in [0.15, 0.2) is 0 Å². The maximum atomic E-state index is 9.81. The van der Waals surface area contributed by atoms with Crippen molar-refractivity contribution in [3.63, 3.8) is 0 Å². The average molecular weight is 321 g/mol. The van der Waals surface area contributed by atoms with E-state index in [4.69, 9.17) is 0 Å². The maximum absolute atomic E-state index is 9.81. The summed E-state index contributed by atoms with van der Waals surface area (Å²) in [5.41, 5.74) is 3.38. The van der Waals surface area contributed by atoms with Crippen LogP contribution < -0.4 is 0 Å². The zero-order chi connectivity index (χ0) is 14.7. The van der Waals surface area contributed by atoms with Gasteiger partial charge >= 0.3 is 0 Å². The summed E-state index contributed by atoms with van der Waals surface area (Å²) in [6.45, 7) is 5.01. The molecule has 0 aromatic heterocycles. The molecule has 3 aliphatic rings. The van der Waals surface area contributed by atoms with E-state index in [1.165, 1.54) is 41.9 Å². The minimum Gasteiger partial charge on any atom is -0.508 e. The van der Waals surface area contributed by atoms with Crippen LogP contribution in [0.25, 0.3) is 0 Å². The Bertz CT molecular complexity index is 564. The zero-order valence-electron chi connectivity index (χ0n) is 12.9. The van der Waals surface area contributed by atoms with Gasteiger partial charge in [-0.25, -0.2) is 0 Å². The molecule has 2 fully saturated rings. The summed E-state index contributed by atoms with van der Waals surface area (Å²) in [6, 6.07) is 6.12. The van der Waals surface area contributed by atoms with Crippen molar-refractivity contribution in [2.45, 2.75) is 49.5 Å². The Balaban J connectivity index is 1.80. The largest absolute Gasteiger partial charge is 0.508 e. The van der Waals surface area contributed by atoms with E-state index in [0.29, 0.717) is 21.2 Å². The van der Waals surface area contributed by atoms with E-state index in [2.05, 4.69) is 43.4 Å². The first-order valence-electron chi connectivity index (χ1n) is 8.14. The van der Waals surface area contributed by atoms with Crippen molar-refractivity contribution in [2.24, 2.45) is 11.3 Å². The van der Waals surface area contributed by atoms with Crippen molar-refractivity contribution in [3.8, 4) is 5.75 Å². The first-order chi connectivity index (χ1) is 10.0. The van der Waals surface area contributed by atoms with E-state index in [9.17, 15) is 5.11 Å². The Kier molecular flexibility index (Phi) is 3.31. The number of aromatic hydroxyl groups is 1. The highest BCUT2D eigenvalue weighted by molar-refractivity contribution is 8.21. The molecular weight excluding hydrogens is 296 g/mol. The van der Waals surface area contributed by atoms with Crippen LogP contribution in [-0.2, 0) is 6.42 Å². The van der Waals surface area contributed by atoms with Gasteiger partial charge in [-0.2, -0.15) is 0 Å². The third-order valence-electron chi connectivity index (χ3n) is 6.19. The lowest BCUT2D eigenvalue weighted by Crippen LogP contribution is -2.47. The second-order valence-electron chi connectivity index (χ2n) is 7.31. The minimum atomic E-state index is 0.431. The summed E-state index contributed by atoms with van der Waals surface area (Å²) in [7, 11) is 0. The monoisotopic (exact) mass is 320 g/mol. The molecule has 0 bridgehead atoms. The number of benzene rings is 1. The number of phenols is 1. The van der Waals surface area contributed by atoms with Gasteiger partial charge in [0.1, 0.15) is 5.75 Å². The quantitative estimate of drug-likeness (QED) is 0.723. The molecule has 1 heterocycles. The van der Waals surface area contributed by atoms with Crippen molar-refractivity contribution < 1.29 is 5.11 Å². The highest BCUT2D eigenvalue weighted by atomic mass is 32.2. The number of hydrogen-bond acceptors (Lipinski definition) is 3. The van der Waals surface area contributed by atoms with Crippen LogP contribution in [0.5, 0.6) is 5.75 Å². The molecule has 1 N–H and O–H groups in total. The number of thioether (sulfide) groups is 2. The van der Waals surface area contributed by atoms with Gasteiger partial charge in [0.25, 0.3) is 0 Å². The maximum Gasteiger partial charge on any atom is 0.115 e. The molecule has 1 aromatic rings. The van der Waals surface area contributed by atoms with Gasteiger partial charge < -0.3 is 5.11 Å². The van der Waals surface area contributed by atoms with Crippen molar-refractivity contribution in [1.29, 1.82) is 0 Å². The molecule has 0 radical (unpaired) electrons. The number of aryl methyl sites for hydroxylation is 1. The second-order valence-corrected chi connectivity index (χ2v) is 10.4. The van der Waals surface area contributed by atoms with Crippen molar-refractivity contribution in [1.82, 2.24) is 0 Å². The SMILES string of the molecule is CC1C2c3ccc(O)cc3CCC2(C)CCC12SCCS2. The molecule has 1 saturated carbocycles. The number of fused-ring (bicyclic) bond motifs is 3. The first-order valence-corrected chi connectivity index (χ1v) is 10.1. The number of hydrogen-bond donors (Lipinski definition) is 1. The summed E-state index contributed by atoms with van der Waals surface area (Å²) >= 11 is 4.44. The third-order valence-corrected chi connectivity index (χ3v) is 10.1. The van der Waals surface area contributed by atoms with E-state index >= 15 is 0 Å². The van der Waals surface area contributed by atoms with Gasteiger partial charge in [-0.05, 0) is 66.2 Å². The summed E-state index contributed by atoms with van der Waals surface area (Å²) in [5.74, 6) is 4.45. The molecule has 114 valence electrons. The lowest BCUT2D eigenvalue weighted by molar-refractivity contribution is 0.101. The van der Waals surface area contributed by atoms with Crippen LogP contribution in [0.4, 0.5) is 0 Å². The van der Waals surface area contributed by atoms with Gasteiger partial charge in [-0.1, -0.05) is 19.9 Å². The van der Waals surface area contributed by atoms with Crippen LogP contribution in [0.2, 0.25) is 0 Å². The van der Waals surface area contributed by atoms with Crippen LogP contribution in [-0.4, -0.2) is 20.7 Å². The highest BCUT2D eigenvalue weighted by Gasteiger charge is 2.55. The van der Waals surface area contributed by atoms with Gasteiger partial charge in [-0.15, -0.1) is 23.5 Å². The first kappa shape index (κ1) is 14.3. The predicted molar refractivity (Wildman–Crippen MR) is 93.3 cm³/mol. The van der Waals surface area contributed by atoms with Crippen LogP contribution in [0.15, 0.2) is 18.2 Å². The topological polar surface area (TPSA) is 20.2 Å². The third kappa shape index (κ3) is 2.07. The molecule has 1 aliphatic heterocycles. The lowest BCUT2D eigenvalue weighted by atomic mass is 9.55. The lowest BCUT2D eigenvalue weighted by Gasteiger charge is -2.55. The van der Waals surface area contributed by atoms with Crippen molar-refractivity contribution >= 4 is 23.5 Å². The van der Waals surface area contributed by atoms with Gasteiger partial charge in [0.05, 0.1) is 4.08 Å². The number of phenolic OH excluding ortho intramolecular Hbond substituents is 1. The zero-order valence-corrected chi connectivity index (χ0v) is 14.5. The summed E-state index contributed by atoms with van der Waals surface area (Å²) in [4.78, 5) is 0. The molecular formula is C18H24OS2. The Morgan fingerprint density at radius 3 is 2.67 bits per heavy atom. The van der Waals surface area contributed by atoms with Crippen LogP contribution in [0.1, 0.15) is 50.2 Å². The summed E-state index contributed by atoms with van der Waals surface area (Å²) in [5, 5.41) is 9.81. The molecule has 0 amide bonds. The van der Waals surface area contributed by atoms with E-state index in [-0.39, 0.29) is 0 Å². The standard InChI is InChI=1S/C18H24OS2/c1-12-16-15-4-3-14(19)11-13(15)5-6-17(16,2)7-8-18(12)20-9-10-21-18/h3-4,11-12,16,19H,5-10H2,1-2H3. The smallest absolute Gasteiger partial charge is 0.115 e. The average Bonchev–Trinajstić information content (AvgIpc) is 2.94. The van der Waals surface area contributed by atoms with Gasteiger partial charge in [0.2, 0.25) is 0 Å². The second kappa shape index (κ2) is 4.86. The molecule has 1 spiro atoms. The predicted octanol–water partition coefficient (Wildman–Crippen LogP) is 5.03. The van der Waals surface area contributed by atoms with Gasteiger partial charge in [-0.3, -0.25) is 0 Å².